The van der Waals surface area contributed by atoms with E-state index in [0.29, 0.717) is 4.90 Å². The number of pyridine rings is 1. The van der Waals surface area contributed by atoms with E-state index in [1.165, 1.54) is 11.8 Å². The van der Waals surface area contributed by atoms with Crippen molar-refractivity contribution in [3.63, 3.8) is 0 Å². The molecule has 0 fully saturated rings. The average Bonchev–Trinajstić information content (AvgIpc) is 2.32. The molecule has 1 aromatic heterocycles. The summed E-state index contributed by atoms with van der Waals surface area (Å²) in [6, 6.07) is 8.92. The third-order valence-corrected chi connectivity index (χ3v) is 4.01. The summed E-state index contributed by atoms with van der Waals surface area (Å²) in [6.07, 6.45) is 1.70. The van der Waals surface area contributed by atoms with Gasteiger partial charge in [-0.2, -0.15) is 0 Å². The van der Waals surface area contributed by atoms with Gasteiger partial charge >= 0.3 is 5.97 Å². The lowest BCUT2D eigenvalue weighted by Gasteiger charge is -2.07. The third kappa shape index (κ3) is 2.91. The Labute approximate surface area is 117 Å². The maximum Gasteiger partial charge on any atom is 0.336 e. The quantitative estimate of drug-likeness (QED) is 0.927. The molecule has 1 N–H and O–H groups in total. The maximum atomic E-state index is 11.2. The number of aromatic nitrogens is 1. The molecule has 0 saturated heterocycles. The topological polar surface area (TPSA) is 50.2 Å². The van der Waals surface area contributed by atoms with Gasteiger partial charge in [0.05, 0.1) is 5.56 Å². The van der Waals surface area contributed by atoms with Gasteiger partial charge in [0.15, 0.2) is 0 Å². The minimum Gasteiger partial charge on any atom is -0.478 e. The zero-order valence-electron chi connectivity index (χ0n) is 9.55. The Morgan fingerprint density at radius 2 is 2.17 bits per heavy atom. The van der Waals surface area contributed by atoms with Crippen LogP contribution in [-0.2, 0) is 0 Å². The van der Waals surface area contributed by atoms with E-state index in [2.05, 4.69) is 20.9 Å². The molecule has 0 aliphatic heterocycles. The van der Waals surface area contributed by atoms with Crippen LogP contribution in [0, 0.1) is 6.92 Å². The van der Waals surface area contributed by atoms with E-state index in [0.717, 1.165) is 15.1 Å². The summed E-state index contributed by atoms with van der Waals surface area (Å²) in [7, 11) is 0. The number of carboxylic acids is 1. The summed E-state index contributed by atoms with van der Waals surface area (Å²) in [5.41, 5.74) is 1.31. The van der Waals surface area contributed by atoms with Crippen molar-refractivity contribution in [1.82, 2.24) is 4.98 Å². The van der Waals surface area contributed by atoms with Gasteiger partial charge in [-0.1, -0.05) is 33.8 Å². The number of hydrogen-bond donors (Lipinski definition) is 1. The van der Waals surface area contributed by atoms with E-state index in [9.17, 15) is 4.79 Å². The van der Waals surface area contributed by atoms with Crippen LogP contribution in [0.2, 0.25) is 0 Å². The number of halogens is 1. The van der Waals surface area contributed by atoms with Crippen molar-refractivity contribution >= 4 is 33.7 Å². The first-order chi connectivity index (χ1) is 8.58. The largest absolute Gasteiger partial charge is 0.478 e. The molecule has 0 aliphatic carbocycles. The molecule has 1 aromatic carbocycles. The molecule has 0 unspecified atom stereocenters. The van der Waals surface area contributed by atoms with Crippen molar-refractivity contribution in [3.05, 3.63) is 52.1 Å². The van der Waals surface area contributed by atoms with E-state index in [-0.39, 0.29) is 5.56 Å². The van der Waals surface area contributed by atoms with E-state index < -0.39 is 5.97 Å². The second-order valence-corrected chi connectivity index (χ2v) is 5.62. The first-order valence-corrected chi connectivity index (χ1v) is 6.81. The highest BCUT2D eigenvalue weighted by Crippen LogP contribution is 2.32. The van der Waals surface area contributed by atoms with Gasteiger partial charge in [0, 0.05) is 15.6 Å². The van der Waals surface area contributed by atoms with Crippen LogP contribution in [0.5, 0.6) is 0 Å². The van der Waals surface area contributed by atoms with Crippen LogP contribution in [0.4, 0.5) is 0 Å². The van der Waals surface area contributed by atoms with Gasteiger partial charge < -0.3 is 5.11 Å². The standard InChI is InChI=1S/C13H10BrNO2S/c1-8-3-2-6-15-12(8)18-11-7-9(14)4-5-10(11)13(16)17/h2-7H,1H3,(H,16,17). The minimum absolute atomic E-state index is 0.285. The van der Waals surface area contributed by atoms with Crippen LogP contribution in [0.25, 0.3) is 0 Å². The fourth-order valence-corrected chi connectivity index (χ4v) is 2.95. The zero-order valence-corrected chi connectivity index (χ0v) is 12.0. The van der Waals surface area contributed by atoms with Crippen molar-refractivity contribution in [3.8, 4) is 0 Å². The monoisotopic (exact) mass is 323 g/mol. The van der Waals surface area contributed by atoms with E-state index >= 15 is 0 Å². The molecular weight excluding hydrogens is 314 g/mol. The summed E-state index contributed by atoms with van der Waals surface area (Å²) in [5, 5.41) is 9.97. The number of aromatic carboxylic acids is 1. The molecule has 0 saturated carbocycles. The molecule has 92 valence electrons. The van der Waals surface area contributed by atoms with E-state index in [1.807, 2.05) is 19.1 Å². The Kier molecular flexibility index (Phi) is 4.04. The normalized spacial score (nSPS) is 10.3. The second-order valence-electron chi connectivity index (χ2n) is 3.67. The van der Waals surface area contributed by atoms with Gasteiger partial charge in [0.1, 0.15) is 5.03 Å². The van der Waals surface area contributed by atoms with Crippen LogP contribution in [0.1, 0.15) is 15.9 Å². The van der Waals surface area contributed by atoms with Gasteiger partial charge in [-0.3, -0.25) is 0 Å². The molecule has 5 heteroatoms. The first kappa shape index (κ1) is 13.1. The van der Waals surface area contributed by atoms with Crippen molar-refractivity contribution in [2.45, 2.75) is 16.8 Å². The van der Waals surface area contributed by atoms with Crippen molar-refractivity contribution in [1.29, 1.82) is 0 Å². The molecule has 0 radical (unpaired) electrons. The lowest BCUT2D eigenvalue weighted by Crippen LogP contribution is -1.99. The summed E-state index contributed by atoms with van der Waals surface area (Å²) in [4.78, 5) is 16.1. The van der Waals surface area contributed by atoms with Gasteiger partial charge in [0.2, 0.25) is 0 Å². The van der Waals surface area contributed by atoms with Crippen LogP contribution in [0.3, 0.4) is 0 Å². The molecule has 2 rings (SSSR count). The Balaban J connectivity index is 2.42. The molecule has 0 aliphatic rings. The van der Waals surface area contributed by atoms with Crippen LogP contribution in [-0.4, -0.2) is 16.1 Å². The van der Waals surface area contributed by atoms with Gasteiger partial charge in [-0.15, -0.1) is 0 Å². The Morgan fingerprint density at radius 3 is 2.83 bits per heavy atom. The molecular formula is C13H10BrNO2S. The van der Waals surface area contributed by atoms with Crippen LogP contribution in [0.15, 0.2) is 50.9 Å². The summed E-state index contributed by atoms with van der Waals surface area (Å²) in [6.45, 7) is 1.95. The highest BCUT2D eigenvalue weighted by atomic mass is 79.9. The van der Waals surface area contributed by atoms with Crippen LogP contribution < -0.4 is 0 Å². The van der Waals surface area contributed by atoms with E-state index in [1.54, 1.807) is 24.4 Å². The maximum absolute atomic E-state index is 11.2. The Bertz CT molecular complexity index is 601. The highest BCUT2D eigenvalue weighted by molar-refractivity contribution is 9.10. The molecule has 0 bridgehead atoms. The predicted molar refractivity (Wildman–Crippen MR) is 74.2 cm³/mol. The Hall–Kier alpha value is -1.33. The lowest BCUT2D eigenvalue weighted by atomic mass is 10.2. The highest BCUT2D eigenvalue weighted by Gasteiger charge is 2.13. The molecule has 0 spiro atoms. The summed E-state index contributed by atoms with van der Waals surface area (Å²) >= 11 is 4.71. The summed E-state index contributed by atoms with van der Waals surface area (Å²) < 4.78 is 0.851. The number of carboxylic acid groups (broad SMARTS) is 1. The number of nitrogens with zero attached hydrogens (tertiary/aromatic N) is 1. The molecule has 0 amide bonds. The SMILES string of the molecule is Cc1cccnc1Sc1cc(Br)ccc1C(=O)O. The van der Waals surface area contributed by atoms with Crippen molar-refractivity contribution in [2.75, 3.05) is 0 Å². The van der Waals surface area contributed by atoms with Gasteiger partial charge in [0.25, 0.3) is 0 Å². The summed E-state index contributed by atoms with van der Waals surface area (Å²) in [5.74, 6) is -0.932. The smallest absolute Gasteiger partial charge is 0.336 e. The number of benzene rings is 1. The average molecular weight is 324 g/mol. The van der Waals surface area contributed by atoms with Crippen molar-refractivity contribution in [2.24, 2.45) is 0 Å². The fraction of sp³-hybridized carbons (Fsp3) is 0.0769. The zero-order chi connectivity index (χ0) is 13.1. The van der Waals surface area contributed by atoms with Crippen molar-refractivity contribution < 1.29 is 9.90 Å². The number of hydrogen-bond acceptors (Lipinski definition) is 3. The second kappa shape index (κ2) is 5.54. The molecule has 1 heterocycles. The number of carbonyl (C=O) groups is 1. The van der Waals surface area contributed by atoms with Gasteiger partial charge in [-0.25, -0.2) is 9.78 Å². The molecule has 0 atom stereocenters. The lowest BCUT2D eigenvalue weighted by molar-refractivity contribution is 0.0693. The Morgan fingerprint density at radius 1 is 1.39 bits per heavy atom. The van der Waals surface area contributed by atoms with Crippen LogP contribution >= 0.6 is 27.7 Å². The first-order valence-electron chi connectivity index (χ1n) is 5.20. The molecule has 18 heavy (non-hydrogen) atoms. The third-order valence-electron chi connectivity index (χ3n) is 2.34. The number of rotatable bonds is 3. The fourth-order valence-electron chi connectivity index (χ4n) is 1.44. The molecule has 2 aromatic rings. The van der Waals surface area contributed by atoms with E-state index in [4.69, 9.17) is 5.11 Å². The van der Waals surface area contributed by atoms with Gasteiger partial charge in [-0.05, 0) is 36.8 Å². The minimum atomic E-state index is -0.932. The predicted octanol–water partition coefficient (Wildman–Crippen LogP) is 4.00. The molecule has 3 nitrogen and oxygen atoms in total. The number of aryl methyl sites for hydroxylation is 1.